The standard InChI is InChI=1S/C19H30N4O2.HI/c1-23(2)18(24)14-21-19(22-16-9-5-6-10-16)20-13-12-15-8-4-7-11-17(15)25-3;/h4,7-8,11,16H,5-6,9-10,12-14H2,1-3H3,(H2,20,21,22);1H. The Labute approximate surface area is 173 Å². The van der Waals surface area contributed by atoms with E-state index < -0.39 is 0 Å². The van der Waals surface area contributed by atoms with Gasteiger partial charge in [-0.05, 0) is 30.9 Å². The summed E-state index contributed by atoms with van der Waals surface area (Å²) in [5, 5.41) is 6.82. The Balaban J connectivity index is 0.00000338. The van der Waals surface area contributed by atoms with Crippen LogP contribution in [0.4, 0.5) is 0 Å². The summed E-state index contributed by atoms with van der Waals surface area (Å²) >= 11 is 0. The Morgan fingerprint density at radius 2 is 1.96 bits per heavy atom. The summed E-state index contributed by atoms with van der Waals surface area (Å²) in [6, 6.07) is 8.47. The number of nitrogens with zero attached hydrogens (tertiary/aromatic N) is 2. The van der Waals surface area contributed by atoms with Gasteiger partial charge in [0.2, 0.25) is 5.91 Å². The number of aliphatic imine (C=N–C) groups is 1. The van der Waals surface area contributed by atoms with Crippen LogP contribution in [0.15, 0.2) is 29.3 Å². The minimum Gasteiger partial charge on any atom is -0.496 e. The van der Waals surface area contributed by atoms with Crippen LogP contribution >= 0.6 is 24.0 Å². The Morgan fingerprint density at radius 1 is 1.27 bits per heavy atom. The minimum atomic E-state index is -0.00255. The fourth-order valence-electron chi connectivity index (χ4n) is 2.93. The molecular weight excluding hydrogens is 443 g/mol. The molecule has 1 aromatic carbocycles. The van der Waals surface area contributed by atoms with Crippen molar-refractivity contribution in [1.82, 2.24) is 15.5 Å². The first-order valence-electron chi connectivity index (χ1n) is 8.97. The monoisotopic (exact) mass is 474 g/mol. The summed E-state index contributed by atoms with van der Waals surface area (Å²) < 4.78 is 5.39. The van der Waals surface area contributed by atoms with E-state index in [1.54, 1.807) is 26.1 Å². The van der Waals surface area contributed by atoms with Crippen molar-refractivity contribution in [2.75, 3.05) is 34.3 Å². The van der Waals surface area contributed by atoms with Crippen LogP contribution in [-0.4, -0.2) is 57.1 Å². The van der Waals surface area contributed by atoms with E-state index in [4.69, 9.17) is 4.74 Å². The third kappa shape index (κ3) is 7.39. The van der Waals surface area contributed by atoms with Crippen LogP contribution < -0.4 is 15.4 Å². The summed E-state index contributed by atoms with van der Waals surface area (Å²) in [6.07, 6.45) is 5.66. The fourth-order valence-corrected chi connectivity index (χ4v) is 2.93. The molecule has 146 valence electrons. The van der Waals surface area contributed by atoms with Crippen LogP contribution in [0.25, 0.3) is 0 Å². The molecule has 6 nitrogen and oxygen atoms in total. The van der Waals surface area contributed by atoms with Gasteiger partial charge in [0.15, 0.2) is 5.96 Å². The number of rotatable bonds is 7. The van der Waals surface area contributed by atoms with Gasteiger partial charge >= 0.3 is 0 Å². The second-order valence-corrected chi connectivity index (χ2v) is 6.57. The first-order chi connectivity index (χ1) is 12.1. The van der Waals surface area contributed by atoms with Gasteiger partial charge < -0.3 is 20.3 Å². The number of benzene rings is 1. The van der Waals surface area contributed by atoms with Gasteiger partial charge in [0.25, 0.3) is 0 Å². The molecule has 0 unspecified atom stereocenters. The summed E-state index contributed by atoms with van der Waals surface area (Å²) in [6.45, 7) is 0.888. The number of likely N-dealkylation sites (N-methyl/N-ethyl adjacent to an activating group) is 1. The lowest BCUT2D eigenvalue weighted by molar-refractivity contribution is -0.127. The molecule has 1 aliphatic carbocycles. The second kappa shape index (κ2) is 12.0. The van der Waals surface area contributed by atoms with E-state index in [0.717, 1.165) is 43.1 Å². The highest BCUT2D eigenvalue weighted by atomic mass is 127. The summed E-state index contributed by atoms with van der Waals surface area (Å²) in [5.74, 6) is 1.61. The van der Waals surface area contributed by atoms with Crippen molar-refractivity contribution in [3.05, 3.63) is 29.8 Å². The Morgan fingerprint density at radius 3 is 2.62 bits per heavy atom. The van der Waals surface area contributed by atoms with Crippen LogP contribution in [-0.2, 0) is 11.2 Å². The van der Waals surface area contributed by atoms with Gasteiger partial charge in [-0.15, -0.1) is 24.0 Å². The number of carbonyl (C=O) groups excluding carboxylic acids is 1. The van der Waals surface area contributed by atoms with Gasteiger partial charge in [-0.25, -0.2) is 4.99 Å². The van der Waals surface area contributed by atoms with Crippen LogP contribution in [0.3, 0.4) is 0 Å². The highest BCUT2D eigenvalue weighted by molar-refractivity contribution is 14.0. The predicted octanol–water partition coefficient (Wildman–Crippen LogP) is 2.42. The zero-order chi connectivity index (χ0) is 18.1. The van der Waals surface area contributed by atoms with Crippen molar-refractivity contribution >= 4 is 35.8 Å². The van der Waals surface area contributed by atoms with Gasteiger partial charge in [-0.1, -0.05) is 31.0 Å². The van der Waals surface area contributed by atoms with E-state index in [0.29, 0.717) is 6.04 Å². The number of methoxy groups -OCH3 is 1. The Kier molecular flexibility index (Phi) is 10.4. The maximum Gasteiger partial charge on any atom is 0.243 e. The van der Waals surface area contributed by atoms with E-state index >= 15 is 0 Å². The maximum atomic E-state index is 11.8. The molecule has 0 atom stereocenters. The number of amides is 1. The second-order valence-electron chi connectivity index (χ2n) is 6.57. The Bertz CT molecular complexity index is 587. The number of halogens is 1. The topological polar surface area (TPSA) is 66.0 Å². The molecule has 2 N–H and O–H groups in total. The lowest BCUT2D eigenvalue weighted by atomic mass is 10.1. The predicted molar refractivity (Wildman–Crippen MR) is 117 cm³/mol. The van der Waals surface area contributed by atoms with E-state index in [1.807, 2.05) is 18.2 Å². The van der Waals surface area contributed by atoms with Crippen LogP contribution in [0.5, 0.6) is 5.75 Å². The molecule has 0 aromatic heterocycles. The largest absolute Gasteiger partial charge is 0.496 e. The number of para-hydroxylation sites is 1. The molecule has 0 radical (unpaired) electrons. The first-order valence-corrected chi connectivity index (χ1v) is 8.97. The molecule has 0 spiro atoms. The lowest BCUT2D eigenvalue weighted by Crippen LogP contribution is -2.43. The number of hydrogen-bond donors (Lipinski definition) is 2. The number of guanidine groups is 1. The van der Waals surface area contributed by atoms with Gasteiger partial charge in [0, 0.05) is 26.7 Å². The molecule has 1 fully saturated rings. The molecule has 0 aliphatic heterocycles. The molecule has 7 heteroatoms. The highest BCUT2D eigenvalue weighted by Gasteiger charge is 2.16. The molecule has 1 aliphatic rings. The third-order valence-corrected chi connectivity index (χ3v) is 4.45. The van der Waals surface area contributed by atoms with Gasteiger partial charge in [-0.2, -0.15) is 0 Å². The van der Waals surface area contributed by atoms with Crippen LogP contribution in [0.2, 0.25) is 0 Å². The number of hydrogen-bond acceptors (Lipinski definition) is 3. The molecule has 26 heavy (non-hydrogen) atoms. The molecular formula is C19H31IN4O2. The lowest BCUT2D eigenvalue weighted by Gasteiger charge is -2.18. The van der Waals surface area contributed by atoms with Crippen molar-refractivity contribution in [3.8, 4) is 5.75 Å². The molecule has 2 rings (SSSR count). The molecule has 1 saturated carbocycles. The SMILES string of the molecule is COc1ccccc1CCNC(=NCC(=O)N(C)C)NC1CCCC1.I. The minimum absolute atomic E-state index is 0. The van der Waals surface area contributed by atoms with Crippen molar-refractivity contribution in [2.24, 2.45) is 4.99 Å². The summed E-state index contributed by atoms with van der Waals surface area (Å²) in [7, 11) is 5.18. The smallest absolute Gasteiger partial charge is 0.243 e. The van der Waals surface area contributed by atoms with E-state index in [-0.39, 0.29) is 36.4 Å². The summed E-state index contributed by atoms with van der Waals surface area (Å²) in [5.41, 5.74) is 1.15. The van der Waals surface area contributed by atoms with Crippen molar-refractivity contribution in [1.29, 1.82) is 0 Å². The zero-order valence-electron chi connectivity index (χ0n) is 16.0. The van der Waals surface area contributed by atoms with Gasteiger partial charge in [0.05, 0.1) is 7.11 Å². The quantitative estimate of drug-likeness (QED) is 0.362. The van der Waals surface area contributed by atoms with Crippen molar-refractivity contribution in [2.45, 2.75) is 38.1 Å². The molecule has 0 heterocycles. The molecule has 0 bridgehead atoms. The Hall–Kier alpha value is -1.51. The van der Waals surface area contributed by atoms with Crippen molar-refractivity contribution < 1.29 is 9.53 Å². The van der Waals surface area contributed by atoms with Crippen molar-refractivity contribution in [3.63, 3.8) is 0 Å². The van der Waals surface area contributed by atoms with Gasteiger partial charge in [-0.3, -0.25) is 4.79 Å². The molecule has 1 aromatic rings. The molecule has 0 saturated heterocycles. The normalized spacial score (nSPS) is 14.5. The van der Waals surface area contributed by atoms with E-state index in [1.165, 1.54) is 12.8 Å². The van der Waals surface area contributed by atoms with E-state index in [9.17, 15) is 4.79 Å². The number of nitrogens with one attached hydrogen (secondary N) is 2. The zero-order valence-corrected chi connectivity index (χ0v) is 18.3. The summed E-state index contributed by atoms with van der Waals surface area (Å²) in [4.78, 5) is 17.8. The molecule has 1 amide bonds. The van der Waals surface area contributed by atoms with Crippen LogP contribution in [0.1, 0.15) is 31.2 Å². The van der Waals surface area contributed by atoms with Gasteiger partial charge in [0.1, 0.15) is 12.3 Å². The van der Waals surface area contributed by atoms with Crippen LogP contribution in [0, 0.1) is 0 Å². The average Bonchev–Trinajstić information content (AvgIpc) is 3.12. The third-order valence-electron chi connectivity index (χ3n) is 4.45. The van der Waals surface area contributed by atoms with E-state index in [2.05, 4.69) is 21.7 Å². The highest BCUT2D eigenvalue weighted by Crippen LogP contribution is 2.18. The first kappa shape index (κ1) is 22.5. The number of ether oxygens (including phenoxy) is 1. The average molecular weight is 474 g/mol. The maximum absolute atomic E-state index is 11.8. The number of carbonyl (C=O) groups is 1. The fraction of sp³-hybridized carbons (Fsp3) is 0.579.